The molecule has 0 aromatic heterocycles. The first kappa shape index (κ1) is 49.4. The van der Waals surface area contributed by atoms with Gasteiger partial charge in [-0.25, -0.2) is 4.89 Å². The van der Waals surface area contributed by atoms with E-state index in [2.05, 4.69) is 18.7 Å². The lowest BCUT2D eigenvalue weighted by Gasteiger charge is -2.28. The first-order valence-electron chi connectivity index (χ1n) is 21.9. The number of aliphatic carboxylic acids is 1. The van der Waals surface area contributed by atoms with Gasteiger partial charge < -0.3 is 24.1 Å². The minimum atomic E-state index is -0.913. The highest BCUT2D eigenvalue weighted by atomic mass is 17.1. The number of carboxylic acids is 1. The van der Waals surface area contributed by atoms with Crippen LogP contribution in [0.1, 0.15) is 207 Å². The van der Waals surface area contributed by atoms with Crippen LogP contribution >= 0.6 is 0 Å². The molecule has 0 saturated carbocycles. The van der Waals surface area contributed by atoms with Gasteiger partial charge in [0.05, 0.1) is 30.8 Å². The number of epoxide rings is 1. The van der Waals surface area contributed by atoms with Crippen molar-refractivity contribution in [1.29, 1.82) is 0 Å². The van der Waals surface area contributed by atoms with Crippen molar-refractivity contribution in [1.82, 2.24) is 0 Å². The molecule has 0 aliphatic carbocycles. The Kier molecular flexibility index (Phi) is 31.5. The molecule has 1 saturated heterocycles. The number of Topliss-reactive ketones (excluding diaryl/α,β-unsaturated/α-hetero) is 1. The number of carbonyl (C=O) groups excluding carboxylic acids is 2. The molecule has 0 aromatic carbocycles. The van der Waals surface area contributed by atoms with Crippen molar-refractivity contribution in [3.8, 4) is 0 Å². The predicted octanol–water partition coefficient (Wildman–Crippen LogP) is 11.2. The van der Waals surface area contributed by atoms with E-state index in [9.17, 15) is 19.5 Å². The summed E-state index contributed by atoms with van der Waals surface area (Å²) in [7, 11) is 0. The monoisotopic (exact) mass is 757 g/mol. The van der Waals surface area contributed by atoms with Crippen LogP contribution in [0.4, 0.5) is 0 Å². The zero-order valence-electron chi connectivity index (χ0n) is 34.3. The molecule has 1 rings (SSSR count). The molecule has 1 fully saturated rings. The maximum Gasteiger partial charge on any atom is 0.308 e. The number of hydrogen-bond donors (Lipinski definition) is 2. The van der Waals surface area contributed by atoms with E-state index in [1.165, 1.54) is 96.8 Å². The number of hydrogen-bond acceptors (Lipinski definition) is 9. The first-order chi connectivity index (χ1) is 25.7. The number of unbranched alkanes of at least 4 members (excludes halogenated alkanes) is 19. The summed E-state index contributed by atoms with van der Waals surface area (Å²) in [5.74, 6) is -2.06. The molecule has 53 heavy (non-hydrogen) atoms. The number of carbonyl (C=O) groups is 3. The van der Waals surface area contributed by atoms with Crippen molar-refractivity contribution >= 4 is 17.7 Å². The molecule has 1 heterocycles. The van der Waals surface area contributed by atoms with Gasteiger partial charge in [0.15, 0.2) is 0 Å². The number of ether oxygens (including phenoxy) is 4. The third-order valence-corrected chi connectivity index (χ3v) is 10.4. The summed E-state index contributed by atoms with van der Waals surface area (Å²) in [6.07, 6.45) is 25.1. The molecule has 0 radical (unpaired) electrons. The maximum absolute atomic E-state index is 12.8. The Morgan fingerprint density at radius 3 is 1.70 bits per heavy atom. The molecule has 2 N–H and O–H groups in total. The van der Waals surface area contributed by atoms with E-state index in [1.807, 2.05) is 6.92 Å². The Hall–Kier alpha value is -1.59. The van der Waals surface area contributed by atoms with Gasteiger partial charge in [-0.1, -0.05) is 136 Å². The highest BCUT2D eigenvalue weighted by molar-refractivity contribution is 5.76. The third-order valence-electron chi connectivity index (χ3n) is 10.4. The summed E-state index contributed by atoms with van der Waals surface area (Å²) in [5, 5.41) is 19.0. The van der Waals surface area contributed by atoms with Gasteiger partial charge in [0.25, 0.3) is 0 Å². The molecule has 10 heteroatoms. The molecule has 10 nitrogen and oxygen atoms in total. The van der Waals surface area contributed by atoms with Gasteiger partial charge in [0, 0.05) is 25.9 Å². The second-order valence-corrected chi connectivity index (χ2v) is 15.5. The summed E-state index contributed by atoms with van der Waals surface area (Å²) >= 11 is 0. The van der Waals surface area contributed by atoms with Crippen molar-refractivity contribution in [3.63, 3.8) is 0 Å². The van der Waals surface area contributed by atoms with Gasteiger partial charge in [-0.3, -0.25) is 19.6 Å². The predicted molar refractivity (Wildman–Crippen MR) is 210 cm³/mol. The summed E-state index contributed by atoms with van der Waals surface area (Å²) in [6.45, 7) is 8.58. The van der Waals surface area contributed by atoms with Crippen LogP contribution in [0.2, 0.25) is 0 Å². The largest absolute Gasteiger partial charge is 0.481 e. The molecule has 1 aliphatic rings. The fourth-order valence-electron chi connectivity index (χ4n) is 7.25. The van der Waals surface area contributed by atoms with Gasteiger partial charge in [0.2, 0.25) is 6.29 Å². The summed E-state index contributed by atoms with van der Waals surface area (Å²) in [6, 6.07) is 0. The van der Waals surface area contributed by atoms with Crippen LogP contribution in [0, 0.1) is 5.92 Å². The molecule has 0 bridgehead atoms. The maximum atomic E-state index is 12.8. The van der Waals surface area contributed by atoms with E-state index in [4.69, 9.17) is 24.2 Å². The minimum Gasteiger partial charge on any atom is -0.481 e. The summed E-state index contributed by atoms with van der Waals surface area (Å²) < 4.78 is 24.3. The van der Waals surface area contributed by atoms with Crippen molar-refractivity contribution in [3.05, 3.63) is 0 Å². The third kappa shape index (κ3) is 27.6. The van der Waals surface area contributed by atoms with E-state index in [0.29, 0.717) is 32.3 Å². The van der Waals surface area contributed by atoms with Crippen LogP contribution in [0.15, 0.2) is 0 Å². The molecule has 1 aliphatic heterocycles. The van der Waals surface area contributed by atoms with E-state index in [0.717, 1.165) is 44.9 Å². The molecule has 6 atom stereocenters. The number of rotatable bonds is 40. The van der Waals surface area contributed by atoms with Gasteiger partial charge in [-0.2, -0.15) is 0 Å². The second-order valence-electron chi connectivity index (χ2n) is 15.5. The van der Waals surface area contributed by atoms with Gasteiger partial charge in [0.1, 0.15) is 11.9 Å². The molecular formula is C43H80O10. The zero-order chi connectivity index (χ0) is 38.9. The highest BCUT2D eigenvalue weighted by Crippen LogP contribution is 2.36. The Labute approximate surface area is 323 Å². The van der Waals surface area contributed by atoms with Crippen molar-refractivity contribution in [2.24, 2.45) is 5.92 Å². The topological polar surface area (TPSA) is 141 Å². The van der Waals surface area contributed by atoms with E-state index >= 15 is 0 Å². The van der Waals surface area contributed by atoms with Crippen LogP contribution in [0.5, 0.6) is 0 Å². The van der Waals surface area contributed by atoms with Crippen molar-refractivity contribution < 1.29 is 48.6 Å². The second kappa shape index (κ2) is 33.7. The van der Waals surface area contributed by atoms with Gasteiger partial charge >= 0.3 is 11.9 Å². The van der Waals surface area contributed by atoms with Crippen LogP contribution in [0.3, 0.4) is 0 Å². The molecule has 6 unspecified atom stereocenters. The lowest BCUT2D eigenvalue weighted by Crippen LogP contribution is -2.35. The number of carboxylic acid groups (broad SMARTS) is 1. The Balaban J connectivity index is 2.79. The Morgan fingerprint density at radius 2 is 1.21 bits per heavy atom. The Morgan fingerprint density at radius 1 is 0.679 bits per heavy atom. The smallest absolute Gasteiger partial charge is 0.308 e. The lowest BCUT2D eigenvalue weighted by atomic mass is 9.90. The first-order valence-corrected chi connectivity index (χ1v) is 21.9. The average Bonchev–Trinajstić information content (AvgIpc) is 3.88. The van der Waals surface area contributed by atoms with E-state index in [1.54, 1.807) is 0 Å². The average molecular weight is 757 g/mol. The SMILES string of the molecule is CCCCCCCCCCCCCCCC(CC(CC(OC(CCCCCCCCC)OC(=O)CCCCOO)C1OC1CC(C)=O)C(=O)O)OCC. The number of ketones is 1. The fraction of sp³-hybridized carbons (Fsp3) is 0.930. The van der Waals surface area contributed by atoms with Crippen LogP contribution in [-0.2, 0) is 38.2 Å². The van der Waals surface area contributed by atoms with Crippen molar-refractivity contribution in [2.75, 3.05) is 13.2 Å². The molecule has 312 valence electrons. The lowest BCUT2D eigenvalue weighted by molar-refractivity contribution is -0.242. The fourth-order valence-corrected chi connectivity index (χ4v) is 7.25. The number of esters is 1. The molecule has 0 spiro atoms. The molecular weight excluding hydrogens is 676 g/mol. The summed E-state index contributed by atoms with van der Waals surface area (Å²) in [5.41, 5.74) is 0. The van der Waals surface area contributed by atoms with Crippen LogP contribution in [0.25, 0.3) is 0 Å². The molecule has 0 amide bonds. The van der Waals surface area contributed by atoms with Crippen molar-refractivity contribution in [2.45, 2.75) is 238 Å². The van der Waals surface area contributed by atoms with Gasteiger partial charge in [-0.05, 0) is 52.4 Å². The van der Waals surface area contributed by atoms with Crippen LogP contribution in [-0.4, -0.2) is 72.0 Å². The van der Waals surface area contributed by atoms with Gasteiger partial charge in [-0.15, -0.1) is 0 Å². The van der Waals surface area contributed by atoms with Crippen LogP contribution < -0.4 is 0 Å². The van der Waals surface area contributed by atoms with E-state index in [-0.39, 0.29) is 43.9 Å². The standard InChI is InChI=1S/C43H80O10/c1-5-8-10-12-14-15-16-17-18-19-21-22-24-28-37(49-7-3)33-36(43(46)47)34-39(42-38(52-42)32-35(4)44)51-41(30-25-23-20-13-11-9-6-2)53-40(45)29-26-27-31-50-48/h36-39,41-42,48H,5-34H2,1-4H3,(H,46,47). The highest BCUT2D eigenvalue weighted by Gasteiger charge is 2.48. The normalized spacial score (nSPS) is 17.7. The quantitative estimate of drug-likeness (QED) is 0.0155. The Bertz CT molecular complexity index is 898. The molecule has 0 aromatic rings. The van der Waals surface area contributed by atoms with E-state index < -0.39 is 36.4 Å². The zero-order valence-corrected chi connectivity index (χ0v) is 34.3. The minimum absolute atomic E-state index is 0.00170. The summed E-state index contributed by atoms with van der Waals surface area (Å²) in [4.78, 5) is 41.6.